The first kappa shape index (κ1) is 8.85. The molecule has 0 fully saturated rings. The average molecular weight is 162 g/mol. The fourth-order valence-corrected chi connectivity index (χ4v) is 1.15. The summed E-state index contributed by atoms with van der Waals surface area (Å²) >= 11 is 0. The van der Waals surface area contributed by atoms with E-state index in [1.807, 2.05) is 12.1 Å². The quantitative estimate of drug-likeness (QED) is 0.708. The Balaban J connectivity index is 2.89. The van der Waals surface area contributed by atoms with Crippen LogP contribution in [0.15, 0.2) is 30.3 Å². The van der Waals surface area contributed by atoms with Gasteiger partial charge in [0, 0.05) is 0 Å². The Kier molecular flexibility index (Phi) is 2.92. The van der Waals surface area contributed by atoms with E-state index in [9.17, 15) is 0 Å². The third-order valence-electron chi connectivity index (χ3n) is 1.83. The Bertz CT molecular complexity index is 270. The second-order valence-corrected chi connectivity index (χ2v) is 2.84. The molecule has 0 aliphatic rings. The molecule has 0 aliphatic carbocycles. The molecule has 1 rings (SSSR count). The summed E-state index contributed by atoms with van der Waals surface area (Å²) in [6.45, 7) is 4.19. The van der Waals surface area contributed by atoms with Crippen LogP contribution in [0.4, 0.5) is 0 Å². The van der Waals surface area contributed by atoms with Gasteiger partial charge in [-0.05, 0) is 36.6 Å². The summed E-state index contributed by atoms with van der Waals surface area (Å²) in [7, 11) is 0. The third kappa shape index (κ3) is 2.12. The van der Waals surface area contributed by atoms with Crippen LogP contribution in [0.3, 0.4) is 0 Å². The topological polar surface area (TPSA) is 20.2 Å². The number of hydrogen-bond donors (Lipinski definition) is 1. The minimum absolute atomic E-state index is 0.322. The van der Waals surface area contributed by atoms with Crippen LogP contribution < -0.4 is 0 Å². The van der Waals surface area contributed by atoms with E-state index in [0.717, 1.165) is 6.42 Å². The Morgan fingerprint density at radius 3 is 2.42 bits per heavy atom. The second-order valence-electron chi connectivity index (χ2n) is 2.84. The number of aromatic hydroxyl groups is 1. The Hall–Kier alpha value is -1.24. The van der Waals surface area contributed by atoms with Crippen LogP contribution in [0, 0.1) is 0 Å². The predicted molar refractivity (Wildman–Crippen MR) is 52.0 cm³/mol. The smallest absolute Gasteiger partial charge is 0.115 e. The van der Waals surface area contributed by atoms with Gasteiger partial charge in [-0.2, -0.15) is 0 Å². The van der Waals surface area contributed by atoms with Crippen molar-refractivity contribution in [3.05, 3.63) is 35.9 Å². The standard InChI is InChI=1S/C11H14O/c1-3-4-9(2)10-5-7-11(12)8-6-10/h4-8,12H,3H2,1-2H3. The highest BCUT2D eigenvalue weighted by molar-refractivity contribution is 5.63. The van der Waals surface area contributed by atoms with E-state index in [0.29, 0.717) is 5.75 Å². The molecule has 12 heavy (non-hydrogen) atoms. The molecule has 0 saturated carbocycles. The van der Waals surface area contributed by atoms with Crippen molar-refractivity contribution in [2.45, 2.75) is 20.3 Å². The largest absolute Gasteiger partial charge is 0.508 e. The van der Waals surface area contributed by atoms with Crippen molar-refractivity contribution in [2.24, 2.45) is 0 Å². The molecule has 0 saturated heterocycles. The van der Waals surface area contributed by atoms with Crippen LogP contribution in [-0.2, 0) is 0 Å². The summed E-state index contributed by atoms with van der Waals surface area (Å²) < 4.78 is 0. The van der Waals surface area contributed by atoms with Gasteiger partial charge in [0.1, 0.15) is 5.75 Å². The maximum Gasteiger partial charge on any atom is 0.115 e. The van der Waals surface area contributed by atoms with Crippen LogP contribution in [0.25, 0.3) is 5.57 Å². The van der Waals surface area contributed by atoms with Gasteiger partial charge in [-0.3, -0.25) is 0 Å². The molecular weight excluding hydrogens is 148 g/mol. The van der Waals surface area contributed by atoms with Crippen LogP contribution >= 0.6 is 0 Å². The highest BCUT2D eigenvalue weighted by Crippen LogP contribution is 2.17. The molecule has 0 aromatic heterocycles. The molecule has 1 nitrogen and oxygen atoms in total. The maximum atomic E-state index is 9.05. The maximum absolute atomic E-state index is 9.05. The first-order valence-corrected chi connectivity index (χ1v) is 4.20. The van der Waals surface area contributed by atoms with E-state index < -0.39 is 0 Å². The molecule has 0 bridgehead atoms. The number of allylic oxidation sites excluding steroid dienone is 2. The molecule has 64 valence electrons. The van der Waals surface area contributed by atoms with Gasteiger partial charge in [0.05, 0.1) is 0 Å². The first-order chi connectivity index (χ1) is 5.74. The van der Waals surface area contributed by atoms with E-state index >= 15 is 0 Å². The minimum atomic E-state index is 0.322. The molecule has 0 spiro atoms. The van der Waals surface area contributed by atoms with Gasteiger partial charge in [0.25, 0.3) is 0 Å². The lowest BCUT2D eigenvalue weighted by molar-refractivity contribution is 0.475. The highest BCUT2D eigenvalue weighted by Gasteiger charge is 1.93. The molecule has 1 aromatic rings. The lowest BCUT2D eigenvalue weighted by Gasteiger charge is -2.00. The lowest BCUT2D eigenvalue weighted by Crippen LogP contribution is -1.77. The molecule has 1 aromatic carbocycles. The van der Waals surface area contributed by atoms with Gasteiger partial charge in [0.15, 0.2) is 0 Å². The number of rotatable bonds is 2. The van der Waals surface area contributed by atoms with Gasteiger partial charge < -0.3 is 5.11 Å². The molecule has 1 heteroatoms. The molecule has 0 amide bonds. The zero-order valence-corrected chi connectivity index (χ0v) is 7.54. The summed E-state index contributed by atoms with van der Waals surface area (Å²) in [6, 6.07) is 7.28. The Morgan fingerprint density at radius 1 is 1.33 bits per heavy atom. The van der Waals surface area contributed by atoms with Crippen molar-refractivity contribution in [1.82, 2.24) is 0 Å². The average Bonchev–Trinajstić information content (AvgIpc) is 2.06. The number of phenols is 1. The lowest BCUT2D eigenvalue weighted by atomic mass is 10.1. The zero-order valence-electron chi connectivity index (χ0n) is 7.54. The van der Waals surface area contributed by atoms with E-state index in [-0.39, 0.29) is 0 Å². The number of benzene rings is 1. The van der Waals surface area contributed by atoms with Gasteiger partial charge in [0.2, 0.25) is 0 Å². The summed E-state index contributed by atoms with van der Waals surface area (Å²) in [6.07, 6.45) is 3.22. The molecule has 1 N–H and O–H groups in total. The van der Waals surface area contributed by atoms with Crippen molar-refractivity contribution >= 4 is 5.57 Å². The van der Waals surface area contributed by atoms with Crippen molar-refractivity contribution in [3.63, 3.8) is 0 Å². The van der Waals surface area contributed by atoms with Crippen molar-refractivity contribution < 1.29 is 5.11 Å². The predicted octanol–water partition coefficient (Wildman–Crippen LogP) is 3.21. The fourth-order valence-electron chi connectivity index (χ4n) is 1.15. The number of phenolic OH excluding ortho intramolecular Hbond substituents is 1. The second kappa shape index (κ2) is 3.96. The van der Waals surface area contributed by atoms with E-state index in [4.69, 9.17) is 5.11 Å². The number of hydrogen-bond acceptors (Lipinski definition) is 1. The third-order valence-corrected chi connectivity index (χ3v) is 1.83. The monoisotopic (exact) mass is 162 g/mol. The summed E-state index contributed by atoms with van der Waals surface area (Å²) in [5.41, 5.74) is 2.44. The van der Waals surface area contributed by atoms with Crippen molar-refractivity contribution in [1.29, 1.82) is 0 Å². The van der Waals surface area contributed by atoms with Crippen molar-refractivity contribution in [2.75, 3.05) is 0 Å². The van der Waals surface area contributed by atoms with E-state index in [2.05, 4.69) is 19.9 Å². The Morgan fingerprint density at radius 2 is 1.92 bits per heavy atom. The van der Waals surface area contributed by atoms with Crippen LogP contribution in [-0.4, -0.2) is 5.11 Å². The van der Waals surface area contributed by atoms with Crippen LogP contribution in [0.1, 0.15) is 25.8 Å². The minimum Gasteiger partial charge on any atom is -0.508 e. The van der Waals surface area contributed by atoms with E-state index in [1.165, 1.54) is 11.1 Å². The molecular formula is C11H14O. The molecule has 0 unspecified atom stereocenters. The Labute approximate surface area is 73.4 Å². The van der Waals surface area contributed by atoms with Gasteiger partial charge in [-0.25, -0.2) is 0 Å². The molecule has 0 radical (unpaired) electrons. The molecule has 0 aliphatic heterocycles. The fraction of sp³-hybridized carbons (Fsp3) is 0.273. The van der Waals surface area contributed by atoms with Gasteiger partial charge in [-0.1, -0.05) is 25.1 Å². The SMILES string of the molecule is CCC=C(C)c1ccc(O)cc1. The summed E-state index contributed by atoms with van der Waals surface area (Å²) in [5.74, 6) is 0.322. The zero-order chi connectivity index (χ0) is 8.97. The molecule has 0 heterocycles. The van der Waals surface area contributed by atoms with Gasteiger partial charge >= 0.3 is 0 Å². The van der Waals surface area contributed by atoms with E-state index in [1.54, 1.807) is 12.1 Å². The molecule has 0 atom stereocenters. The first-order valence-electron chi connectivity index (χ1n) is 4.20. The van der Waals surface area contributed by atoms with Gasteiger partial charge in [-0.15, -0.1) is 0 Å². The normalized spacial score (nSPS) is 11.7. The van der Waals surface area contributed by atoms with Crippen LogP contribution in [0.5, 0.6) is 5.75 Å². The van der Waals surface area contributed by atoms with Crippen LogP contribution in [0.2, 0.25) is 0 Å². The summed E-state index contributed by atoms with van der Waals surface area (Å²) in [4.78, 5) is 0. The van der Waals surface area contributed by atoms with Crippen molar-refractivity contribution in [3.8, 4) is 5.75 Å². The summed E-state index contributed by atoms with van der Waals surface area (Å²) in [5, 5.41) is 9.05. The highest BCUT2D eigenvalue weighted by atomic mass is 16.3.